The molecular formula is C22H39N3O6. The molecule has 0 aromatic carbocycles. The normalized spacial score (nSPS) is 10.9. The Hall–Kier alpha value is -1.97. The van der Waals surface area contributed by atoms with Crippen molar-refractivity contribution in [3.8, 4) is 5.75 Å². The number of unbranched alkanes of at least 4 members (excludes halogenated alkanes) is 7. The van der Waals surface area contributed by atoms with Gasteiger partial charge in [0.05, 0.1) is 52.0 Å². The second kappa shape index (κ2) is 20.0. The van der Waals surface area contributed by atoms with Gasteiger partial charge in [-0.05, 0) is 12.8 Å². The molecule has 0 aliphatic rings. The minimum absolute atomic E-state index is 0.147. The molecule has 1 rings (SSSR count). The Bertz CT molecular complexity index is 545. The van der Waals surface area contributed by atoms with Gasteiger partial charge in [-0.3, -0.25) is 4.79 Å². The number of hydrogen-bond donors (Lipinski definition) is 1. The number of rotatable bonds is 21. The van der Waals surface area contributed by atoms with Gasteiger partial charge >= 0.3 is 5.97 Å². The average Bonchev–Trinajstić information content (AvgIpc) is 2.77. The number of methoxy groups -OCH3 is 1. The summed E-state index contributed by atoms with van der Waals surface area (Å²) >= 11 is 0. The van der Waals surface area contributed by atoms with E-state index in [1.807, 2.05) is 0 Å². The van der Waals surface area contributed by atoms with E-state index in [9.17, 15) is 4.79 Å². The van der Waals surface area contributed by atoms with Gasteiger partial charge in [0, 0.05) is 13.5 Å². The van der Waals surface area contributed by atoms with Crippen LogP contribution in [0.2, 0.25) is 0 Å². The van der Waals surface area contributed by atoms with E-state index < -0.39 is 0 Å². The van der Waals surface area contributed by atoms with Crippen LogP contribution in [0.15, 0.2) is 12.4 Å². The van der Waals surface area contributed by atoms with Gasteiger partial charge in [0.1, 0.15) is 6.61 Å². The first-order valence-electron chi connectivity index (χ1n) is 11.2. The lowest BCUT2D eigenvalue weighted by Gasteiger charge is -2.07. The van der Waals surface area contributed by atoms with Crippen LogP contribution in [0.5, 0.6) is 5.75 Å². The number of nitrogens with zero attached hydrogens (tertiary/aromatic N) is 2. The number of nitrogens with two attached hydrogens (primary N) is 1. The van der Waals surface area contributed by atoms with Crippen molar-refractivity contribution in [3.63, 3.8) is 0 Å². The first kappa shape index (κ1) is 27.1. The van der Waals surface area contributed by atoms with Gasteiger partial charge < -0.3 is 29.4 Å². The number of nitrogen functional groups attached to an aromatic ring is 1. The van der Waals surface area contributed by atoms with Gasteiger partial charge in [0.2, 0.25) is 5.95 Å². The van der Waals surface area contributed by atoms with Crippen molar-refractivity contribution >= 4 is 11.9 Å². The van der Waals surface area contributed by atoms with Crippen LogP contribution < -0.4 is 10.5 Å². The minimum Gasteiger partial charge on any atom is -0.490 e. The largest absolute Gasteiger partial charge is 0.490 e. The monoisotopic (exact) mass is 441 g/mol. The van der Waals surface area contributed by atoms with Crippen molar-refractivity contribution < 1.29 is 28.5 Å². The fourth-order valence-corrected chi connectivity index (χ4v) is 2.77. The molecule has 0 bridgehead atoms. The lowest BCUT2D eigenvalue weighted by molar-refractivity contribution is -0.145. The molecule has 1 heterocycles. The number of esters is 1. The minimum atomic E-state index is -0.147. The van der Waals surface area contributed by atoms with E-state index in [4.69, 9.17) is 29.4 Å². The predicted octanol–water partition coefficient (Wildman–Crippen LogP) is 3.17. The quantitative estimate of drug-likeness (QED) is 0.227. The third kappa shape index (κ3) is 17.4. The zero-order valence-electron chi connectivity index (χ0n) is 18.9. The van der Waals surface area contributed by atoms with E-state index in [-0.39, 0.29) is 11.9 Å². The Balaban J connectivity index is 1.76. The molecule has 0 radical (unpaired) electrons. The van der Waals surface area contributed by atoms with E-state index in [0.717, 1.165) is 32.1 Å². The summed E-state index contributed by atoms with van der Waals surface area (Å²) in [5, 5.41) is 0. The van der Waals surface area contributed by atoms with E-state index in [1.54, 1.807) is 19.5 Å². The summed E-state index contributed by atoms with van der Waals surface area (Å²) in [6.07, 6.45) is 12.5. The molecule has 1 aromatic heterocycles. The number of carbonyl (C=O) groups is 1. The maximum atomic E-state index is 11.7. The molecule has 0 atom stereocenters. The molecule has 1 aromatic rings. The fraction of sp³-hybridized carbons (Fsp3) is 0.773. The highest BCUT2D eigenvalue weighted by molar-refractivity contribution is 5.69. The molecule has 2 N–H and O–H groups in total. The highest BCUT2D eigenvalue weighted by Crippen LogP contribution is 2.11. The summed E-state index contributed by atoms with van der Waals surface area (Å²) < 4.78 is 26.2. The maximum absolute atomic E-state index is 11.7. The first-order chi connectivity index (χ1) is 15.2. The fourth-order valence-electron chi connectivity index (χ4n) is 2.77. The Morgan fingerprint density at radius 3 is 1.97 bits per heavy atom. The summed E-state index contributed by atoms with van der Waals surface area (Å²) in [6, 6.07) is 0. The van der Waals surface area contributed by atoms with E-state index >= 15 is 0 Å². The Morgan fingerprint density at radius 2 is 1.32 bits per heavy atom. The van der Waals surface area contributed by atoms with Crippen molar-refractivity contribution in [3.05, 3.63) is 12.4 Å². The summed E-state index contributed by atoms with van der Waals surface area (Å²) in [5.41, 5.74) is 5.43. The molecule has 0 aliphatic heterocycles. The second-order valence-electron chi connectivity index (χ2n) is 7.14. The van der Waals surface area contributed by atoms with Gasteiger partial charge in [-0.2, -0.15) is 0 Å². The number of ether oxygens (including phenoxy) is 5. The summed E-state index contributed by atoms with van der Waals surface area (Å²) in [5.74, 6) is 0.764. The smallest absolute Gasteiger partial charge is 0.305 e. The van der Waals surface area contributed by atoms with Crippen LogP contribution in [0.3, 0.4) is 0 Å². The van der Waals surface area contributed by atoms with Crippen molar-refractivity contribution in [1.29, 1.82) is 0 Å². The lowest BCUT2D eigenvalue weighted by Crippen LogP contribution is -2.13. The zero-order valence-corrected chi connectivity index (χ0v) is 18.9. The molecule has 0 saturated carbocycles. The molecule has 31 heavy (non-hydrogen) atoms. The standard InChI is InChI=1S/C22H39N3O6/c1-27-12-13-28-14-15-29-16-17-31-21(26)10-8-6-4-2-3-5-7-9-11-30-20-18-24-22(23)25-19-20/h18-19H,2-17H2,1H3,(H2,23,24,25). The number of carbonyl (C=O) groups excluding carboxylic acids is 1. The van der Waals surface area contributed by atoms with Gasteiger partial charge in [-0.15, -0.1) is 0 Å². The highest BCUT2D eigenvalue weighted by Gasteiger charge is 2.03. The molecule has 9 nitrogen and oxygen atoms in total. The third-order valence-electron chi connectivity index (χ3n) is 4.49. The number of anilines is 1. The molecule has 0 aliphatic carbocycles. The number of aromatic nitrogens is 2. The third-order valence-corrected chi connectivity index (χ3v) is 4.49. The van der Waals surface area contributed by atoms with Crippen molar-refractivity contribution in [1.82, 2.24) is 9.97 Å². The molecule has 0 unspecified atom stereocenters. The summed E-state index contributed by atoms with van der Waals surface area (Å²) in [4.78, 5) is 19.4. The van der Waals surface area contributed by atoms with Crippen molar-refractivity contribution in [2.24, 2.45) is 0 Å². The molecule has 0 fully saturated rings. The molecule has 178 valence electrons. The molecule has 9 heteroatoms. The first-order valence-corrected chi connectivity index (χ1v) is 11.2. The van der Waals surface area contributed by atoms with Gasteiger partial charge in [-0.1, -0.05) is 38.5 Å². The van der Waals surface area contributed by atoms with Crippen molar-refractivity contribution in [2.75, 3.05) is 59.1 Å². The van der Waals surface area contributed by atoms with Crippen LogP contribution in [-0.4, -0.2) is 69.3 Å². The zero-order chi connectivity index (χ0) is 22.4. The molecule has 0 saturated heterocycles. The average molecular weight is 442 g/mol. The van der Waals surface area contributed by atoms with E-state index in [1.165, 1.54) is 19.3 Å². The molecule has 0 spiro atoms. The van der Waals surface area contributed by atoms with Crippen LogP contribution in [0.1, 0.15) is 57.8 Å². The van der Waals surface area contributed by atoms with Crippen molar-refractivity contribution in [2.45, 2.75) is 57.8 Å². The SMILES string of the molecule is COCCOCCOCCOC(=O)CCCCCCCCCCOc1cnc(N)nc1. The van der Waals surface area contributed by atoms with Crippen LogP contribution in [0.4, 0.5) is 5.95 Å². The summed E-state index contributed by atoms with van der Waals surface area (Å²) in [6.45, 7) is 3.52. The van der Waals surface area contributed by atoms with Crippen LogP contribution >= 0.6 is 0 Å². The van der Waals surface area contributed by atoms with Gasteiger partial charge in [-0.25, -0.2) is 9.97 Å². The lowest BCUT2D eigenvalue weighted by atomic mass is 10.1. The van der Waals surface area contributed by atoms with Crippen LogP contribution in [-0.2, 0) is 23.7 Å². The predicted molar refractivity (Wildman–Crippen MR) is 118 cm³/mol. The maximum Gasteiger partial charge on any atom is 0.305 e. The topological polar surface area (TPSA) is 115 Å². The van der Waals surface area contributed by atoms with Crippen LogP contribution in [0.25, 0.3) is 0 Å². The number of hydrogen-bond acceptors (Lipinski definition) is 9. The van der Waals surface area contributed by atoms with Gasteiger partial charge in [0.15, 0.2) is 5.75 Å². The summed E-state index contributed by atoms with van der Waals surface area (Å²) in [7, 11) is 1.63. The second-order valence-corrected chi connectivity index (χ2v) is 7.14. The Labute approximate surface area is 186 Å². The van der Waals surface area contributed by atoms with Gasteiger partial charge in [0.25, 0.3) is 0 Å². The van der Waals surface area contributed by atoms with Crippen LogP contribution in [0, 0.1) is 0 Å². The molecule has 0 amide bonds. The highest BCUT2D eigenvalue weighted by atomic mass is 16.6. The Kier molecular flexibility index (Phi) is 17.4. The Morgan fingerprint density at radius 1 is 0.774 bits per heavy atom. The van der Waals surface area contributed by atoms with E-state index in [2.05, 4.69) is 9.97 Å². The molecular weight excluding hydrogens is 402 g/mol. The van der Waals surface area contributed by atoms with E-state index in [0.29, 0.717) is 58.4 Å².